The van der Waals surface area contributed by atoms with Crippen LogP contribution in [-0.4, -0.2) is 22.4 Å². The van der Waals surface area contributed by atoms with Crippen molar-refractivity contribution in [3.63, 3.8) is 0 Å². The van der Waals surface area contributed by atoms with E-state index in [1.807, 2.05) is 0 Å². The molecule has 7 heteroatoms. The molecular formula is C14H12FN3O3. The summed E-state index contributed by atoms with van der Waals surface area (Å²) in [5, 5.41) is 11.0. The molecule has 1 amide bonds. The highest BCUT2D eigenvalue weighted by molar-refractivity contribution is 6.08. The van der Waals surface area contributed by atoms with Crippen molar-refractivity contribution in [1.82, 2.24) is 4.98 Å². The van der Waals surface area contributed by atoms with Gasteiger partial charge in [-0.15, -0.1) is 0 Å². The van der Waals surface area contributed by atoms with Crippen molar-refractivity contribution in [2.24, 2.45) is 0 Å². The molecule has 0 atom stereocenters. The van der Waals surface area contributed by atoms with Crippen molar-refractivity contribution in [1.29, 1.82) is 0 Å². The Morgan fingerprint density at radius 2 is 2.19 bits per heavy atom. The molecule has 6 nitrogen and oxygen atoms in total. The molecule has 2 aromatic rings. The summed E-state index contributed by atoms with van der Waals surface area (Å²) in [6.45, 7) is 1.99. The minimum atomic E-state index is -0.705. The van der Waals surface area contributed by atoms with Gasteiger partial charge in [0.15, 0.2) is 0 Å². The third kappa shape index (κ3) is 3.02. The number of hydrogen-bond donors (Lipinski definition) is 0. The van der Waals surface area contributed by atoms with E-state index >= 15 is 0 Å². The van der Waals surface area contributed by atoms with E-state index in [-0.39, 0.29) is 12.1 Å². The minimum Gasteiger partial charge on any atom is -0.307 e. The Labute approximate surface area is 120 Å². The number of carbonyl (C=O) groups excluding carboxylic acids is 1. The first-order chi connectivity index (χ1) is 10.0. The first-order valence-corrected chi connectivity index (χ1v) is 6.20. The third-order valence-corrected chi connectivity index (χ3v) is 2.90. The van der Waals surface area contributed by atoms with Crippen LogP contribution in [0, 0.1) is 15.9 Å². The second-order valence-corrected chi connectivity index (χ2v) is 4.18. The molecule has 1 heterocycles. The number of nitrogens with zero attached hydrogens (tertiary/aromatic N) is 3. The number of rotatable bonds is 4. The predicted molar refractivity (Wildman–Crippen MR) is 74.6 cm³/mol. The molecule has 2 rings (SSSR count). The monoisotopic (exact) mass is 289 g/mol. The van der Waals surface area contributed by atoms with Gasteiger partial charge in [0.05, 0.1) is 16.8 Å². The Hall–Kier alpha value is -2.83. The van der Waals surface area contributed by atoms with Crippen LogP contribution in [0.2, 0.25) is 0 Å². The van der Waals surface area contributed by atoms with Crippen LogP contribution in [0.1, 0.15) is 17.3 Å². The van der Waals surface area contributed by atoms with Crippen molar-refractivity contribution in [3.8, 4) is 0 Å². The fraction of sp³-hybridized carbons (Fsp3) is 0.143. The van der Waals surface area contributed by atoms with Crippen molar-refractivity contribution in [3.05, 3.63) is 64.2 Å². The fourth-order valence-electron chi connectivity index (χ4n) is 1.94. The van der Waals surface area contributed by atoms with E-state index in [1.54, 1.807) is 25.3 Å². The lowest BCUT2D eigenvalue weighted by Crippen LogP contribution is -2.31. The highest BCUT2D eigenvalue weighted by Gasteiger charge is 2.25. The number of aromatic nitrogens is 1. The first-order valence-electron chi connectivity index (χ1n) is 6.20. The molecule has 0 saturated heterocycles. The Morgan fingerprint density at radius 1 is 1.43 bits per heavy atom. The van der Waals surface area contributed by atoms with E-state index in [9.17, 15) is 19.3 Å². The largest absolute Gasteiger partial charge is 0.307 e. The molecule has 0 N–H and O–H groups in total. The van der Waals surface area contributed by atoms with Crippen molar-refractivity contribution >= 4 is 17.3 Å². The molecule has 21 heavy (non-hydrogen) atoms. The zero-order valence-corrected chi connectivity index (χ0v) is 11.2. The molecule has 1 aromatic heterocycles. The number of nitro benzene ring substituents is 1. The van der Waals surface area contributed by atoms with Crippen LogP contribution in [0.15, 0.2) is 42.7 Å². The van der Waals surface area contributed by atoms with Gasteiger partial charge in [-0.2, -0.15) is 0 Å². The summed E-state index contributed by atoms with van der Waals surface area (Å²) in [6, 6.07) is 6.11. The van der Waals surface area contributed by atoms with Gasteiger partial charge in [-0.1, -0.05) is 0 Å². The van der Waals surface area contributed by atoms with E-state index in [0.717, 1.165) is 18.2 Å². The molecule has 0 fully saturated rings. The lowest BCUT2D eigenvalue weighted by molar-refractivity contribution is -0.385. The Balaban J connectivity index is 2.48. The fourth-order valence-corrected chi connectivity index (χ4v) is 1.94. The van der Waals surface area contributed by atoms with Crippen LogP contribution >= 0.6 is 0 Å². The number of halogens is 1. The summed E-state index contributed by atoms with van der Waals surface area (Å²) in [5.41, 5.74) is -0.224. The van der Waals surface area contributed by atoms with E-state index < -0.39 is 22.3 Å². The van der Waals surface area contributed by atoms with E-state index in [1.165, 1.54) is 11.1 Å². The Morgan fingerprint density at radius 3 is 2.76 bits per heavy atom. The smallest absolute Gasteiger partial charge is 0.282 e. The van der Waals surface area contributed by atoms with Gasteiger partial charge < -0.3 is 4.90 Å². The van der Waals surface area contributed by atoms with Crippen LogP contribution in [0.5, 0.6) is 0 Å². The standard InChI is InChI=1S/C14H12FN3O3/c1-2-17(11-4-3-7-16-9-11)14(19)12-8-10(15)5-6-13(12)18(20)21/h3-9H,2H2,1H3. The van der Waals surface area contributed by atoms with Gasteiger partial charge in [-0.25, -0.2) is 4.39 Å². The van der Waals surface area contributed by atoms with Crippen LogP contribution in [0.25, 0.3) is 0 Å². The molecule has 0 aliphatic heterocycles. The molecule has 0 bridgehead atoms. The molecule has 1 aromatic carbocycles. The summed E-state index contributed by atoms with van der Waals surface area (Å²) in [4.78, 5) is 28.0. The molecule has 0 unspecified atom stereocenters. The number of anilines is 1. The molecule has 0 aliphatic rings. The van der Waals surface area contributed by atoms with E-state index in [0.29, 0.717) is 5.69 Å². The number of hydrogen-bond acceptors (Lipinski definition) is 4. The number of nitro groups is 1. The summed E-state index contributed by atoms with van der Waals surface area (Å²) < 4.78 is 13.3. The maximum Gasteiger partial charge on any atom is 0.282 e. The van der Waals surface area contributed by atoms with Crippen molar-refractivity contribution < 1.29 is 14.1 Å². The maximum atomic E-state index is 13.3. The molecular weight excluding hydrogens is 277 g/mol. The average Bonchev–Trinajstić information content (AvgIpc) is 2.48. The maximum absolute atomic E-state index is 13.3. The van der Waals surface area contributed by atoms with Crippen molar-refractivity contribution in [2.45, 2.75) is 6.92 Å². The summed E-state index contributed by atoms with van der Waals surface area (Å²) >= 11 is 0. The third-order valence-electron chi connectivity index (χ3n) is 2.90. The van der Waals surface area contributed by atoms with Gasteiger partial charge >= 0.3 is 0 Å². The first kappa shape index (κ1) is 14.6. The molecule has 108 valence electrons. The van der Waals surface area contributed by atoms with Gasteiger partial charge in [0, 0.05) is 18.8 Å². The van der Waals surface area contributed by atoms with E-state index in [4.69, 9.17) is 0 Å². The molecule has 0 saturated carbocycles. The van der Waals surface area contributed by atoms with Crippen LogP contribution < -0.4 is 4.90 Å². The number of carbonyl (C=O) groups is 1. The van der Waals surface area contributed by atoms with Gasteiger partial charge in [0.1, 0.15) is 11.4 Å². The lowest BCUT2D eigenvalue weighted by atomic mass is 10.1. The Kier molecular flexibility index (Phi) is 4.22. The molecule has 0 spiro atoms. The SMILES string of the molecule is CCN(C(=O)c1cc(F)ccc1[N+](=O)[O-])c1cccnc1. The van der Waals surface area contributed by atoms with E-state index in [2.05, 4.69) is 4.98 Å². The van der Waals surface area contributed by atoms with Gasteiger partial charge in [0.2, 0.25) is 0 Å². The zero-order chi connectivity index (χ0) is 15.4. The quantitative estimate of drug-likeness (QED) is 0.640. The second kappa shape index (κ2) is 6.08. The van der Waals surface area contributed by atoms with Gasteiger partial charge in [-0.3, -0.25) is 19.9 Å². The lowest BCUT2D eigenvalue weighted by Gasteiger charge is -2.20. The van der Waals surface area contributed by atoms with Gasteiger partial charge in [-0.05, 0) is 31.2 Å². The topological polar surface area (TPSA) is 76.3 Å². The summed E-state index contributed by atoms with van der Waals surface area (Å²) in [7, 11) is 0. The summed E-state index contributed by atoms with van der Waals surface area (Å²) in [5.74, 6) is -1.34. The molecule has 0 aliphatic carbocycles. The zero-order valence-electron chi connectivity index (χ0n) is 11.2. The molecule has 0 radical (unpaired) electrons. The van der Waals surface area contributed by atoms with Crippen LogP contribution in [0.4, 0.5) is 15.8 Å². The average molecular weight is 289 g/mol. The van der Waals surface area contributed by atoms with Crippen LogP contribution in [0.3, 0.4) is 0 Å². The number of amides is 1. The number of benzene rings is 1. The predicted octanol–water partition coefficient (Wildman–Crippen LogP) is 2.80. The highest BCUT2D eigenvalue weighted by Crippen LogP contribution is 2.23. The minimum absolute atomic E-state index is 0.276. The normalized spacial score (nSPS) is 10.2. The van der Waals surface area contributed by atoms with Crippen molar-refractivity contribution in [2.75, 3.05) is 11.4 Å². The second-order valence-electron chi connectivity index (χ2n) is 4.18. The highest BCUT2D eigenvalue weighted by atomic mass is 19.1. The summed E-state index contributed by atoms with van der Waals surface area (Å²) in [6.07, 6.45) is 3.01. The van der Waals surface area contributed by atoms with Gasteiger partial charge in [0.25, 0.3) is 11.6 Å². The number of pyridine rings is 1. The van der Waals surface area contributed by atoms with Crippen LogP contribution in [-0.2, 0) is 0 Å². The Bertz CT molecular complexity index is 676.